The van der Waals surface area contributed by atoms with E-state index in [1.54, 1.807) is 11.1 Å². The molecular weight excluding hydrogens is 206 g/mol. The van der Waals surface area contributed by atoms with Crippen LogP contribution < -0.4 is 5.73 Å². The molecule has 0 saturated heterocycles. The topological polar surface area (TPSA) is 26.0 Å². The Hall–Kier alpha value is -0.820. The Morgan fingerprint density at radius 1 is 1.24 bits per heavy atom. The highest BCUT2D eigenvalue weighted by Crippen LogP contribution is 2.40. The Morgan fingerprint density at radius 2 is 2.06 bits per heavy atom. The molecule has 0 spiro atoms. The summed E-state index contributed by atoms with van der Waals surface area (Å²) in [7, 11) is 0. The average Bonchev–Trinajstić information content (AvgIpc) is 2.39. The van der Waals surface area contributed by atoms with E-state index in [1.165, 1.54) is 44.9 Å². The van der Waals surface area contributed by atoms with Crippen LogP contribution in [0.3, 0.4) is 0 Å². The van der Waals surface area contributed by atoms with E-state index in [4.69, 9.17) is 5.73 Å². The lowest BCUT2D eigenvalue weighted by Crippen LogP contribution is -2.38. The molecule has 0 saturated carbocycles. The molecule has 2 rings (SSSR count). The molecule has 1 heteroatoms. The second-order valence-corrected chi connectivity index (χ2v) is 5.45. The molecule has 1 aliphatic rings. The van der Waals surface area contributed by atoms with Crippen LogP contribution in [0.5, 0.6) is 0 Å². The second kappa shape index (κ2) is 5.68. The summed E-state index contributed by atoms with van der Waals surface area (Å²) in [5, 5.41) is 0. The highest BCUT2D eigenvalue weighted by Gasteiger charge is 2.34. The van der Waals surface area contributed by atoms with Crippen LogP contribution in [0.15, 0.2) is 24.3 Å². The third-order valence-electron chi connectivity index (χ3n) is 4.34. The van der Waals surface area contributed by atoms with Gasteiger partial charge in [0.25, 0.3) is 0 Å². The fourth-order valence-corrected chi connectivity index (χ4v) is 3.29. The first-order valence-electron chi connectivity index (χ1n) is 7.11. The van der Waals surface area contributed by atoms with E-state index in [0.29, 0.717) is 0 Å². The molecule has 94 valence electrons. The molecule has 2 N–H and O–H groups in total. The van der Waals surface area contributed by atoms with Crippen molar-refractivity contribution in [1.29, 1.82) is 0 Å². The maximum atomic E-state index is 6.14. The minimum absolute atomic E-state index is 0.282. The van der Waals surface area contributed by atoms with E-state index in [-0.39, 0.29) is 5.41 Å². The van der Waals surface area contributed by atoms with Crippen LogP contribution in [-0.4, -0.2) is 6.54 Å². The van der Waals surface area contributed by atoms with Gasteiger partial charge in [-0.25, -0.2) is 0 Å². The van der Waals surface area contributed by atoms with Crippen molar-refractivity contribution in [2.45, 2.75) is 57.3 Å². The molecule has 17 heavy (non-hydrogen) atoms. The van der Waals surface area contributed by atoms with Gasteiger partial charge in [-0.15, -0.1) is 0 Å². The molecule has 0 fully saturated rings. The quantitative estimate of drug-likeness (QED) is 0.766. The predicted molar refractivity (Wildman–Crippen MR) is 74.3 cm³/mol. The van der Waals surface area contributed by atoms with Crippen molar-refractivity contribution in [3.63, 3.8) is 0 Å². The minimum atomic E-state index is 0.282. The van der Waals surface area contributed by atoms with Crippen molar-refractivity contribution >= 4 is 0 Å². The molecule has 1 unspecified atom stereocenters. The van der Waals surface area contributed by atoms with Gasteiger partial charge in [-0.1, -0.05) is 50.5 Å². The summed E-state index contributed by atoms with van der Waals surface area (Å²) in [6.07, 6.45) is 9.05. The lowest BCUT2D eigenvalue weighted by Gasteiger charge is -2.38. The lowest BCUT2D eigenvalue weighted by molar-refractivity contribution is 0.331. The van der Waals surface area contributed by atoms with E-state index >= 15 is 0 Å². The predicted octanol–water partition coefficient (Wildman–Crippen LogP) is 3.80. The number of hydrogen-bond acceptors (Lipinski definition) is 1. The monoisotopic (exact) mass is 231 g/mol. The van der Waals surface area contributed by atoms with E-state index in [1.807, 2.05) is 0 Å². The third kappa shape index (κ3) is 2.55. The standard InChI is InChI=1S/C16H25N/c1-2-3-6-11-16(13-17)12-7-9-14-8-4-5-10-15(14)16/h4-5,8,10H,2-3,6-7,9,11-13,17H2,1H3. The molecule has 0 amide bonds. The van der Waals surface area contributed by atoms with Crippen molar-refractivity contribution < 1.29 is 0 Å². The number of fused-ring (bicyclic) bond motifs is 1. The van der Waals surface area contributed by atoms with E-state index < -0.39 is 0 Å². The van der Waals surface area contributed by atoms with E-state index in [0.717, 1.165) is 6.54 Å². The molecular formula is C16H25N. The first kappa shape index (κ1) is 12.6. The fourth-order valence-electron chi connectivity index (χ4n) is 3.29. The van der Waals surface area contributed by atoms with Crippen LogP contribution in [0.25, 0.3) is 0 Å². The minimum Gasteiger partial charge on any atom is -0.330 e. The van der Waals surface area contributed by atoms with Gasteiger partial charge in [-0.2, -0.15) is 0 Å². The molecule has 1 atom stereocenters. The summed E-state index contributed by atoms with van der Waals surface area (Å²) in [6.45, 7) is 3.08. The Kier molecular flexibility index (Phi) is 4.22. The van der Waals surface area contributed by atoms with Gasteiger partial charge >= 0.3 is 0 Å². The highest BCUT2D eigenvalue weighted by atomic mass is 14.6. The maximum absolute atomic E-state index is 6.14. The third-order valence-corrected chi connectivity index (χ3v) is 4.34. The van der Waals surface area contributed by atoms with Crippen LogP contribution in [0.2, 0.25) is 0 Å². The fraction of sp³-hybridized carbons (Fsp3) is 0.625. The number of rotatable bonds is 5. The van der Waals surface area contributed by atoms with E-state index in [2.05, 4.69) is 31.2 Å². The molecule has 1 aromatic carbocycles. The zero-order valence-corrected chi connectivity index (χ0v) is 11.0. The summed E-state index contributed by atoms with van der Waals surface area (Å²) in [4.78, 5) is 0. The summed E-state index contributed by atoms with van der Waals surface area (Å²) in [5.74, 6) is 0. The Bertz CT molecular complexity index is 358. The van der Waals surface area contributed by atoms with Crippen molar-refractivity contribution in [2.24, 2.45) is 5.73 Å². The van der Waals surface area contributed by atoms with Crippen molar-refractivity contribution in [3.8, 4) is 0 Å². The SMILES string of the molecule is CCCCCC1(CN)CCCc2ccccc21. The van der Waals surface area contributed by atoms with Gasteiger partial charge in [0, 0.05) is 12.0 Å². The first-order valence-corrected chi connectivity index (χ1v) is 7.11. The molecule has 1 aromatic rings. The zero-order valence-electron chi connectivity index (χ0n) is 11.0. The zero-order chi connectivity index (χ0) is 12.1. The number of hydrogen-bond donors (Lipinski definition) is 1. The van der Waals surface area contributed by atoms with Gasteiger partial charge in [0.1, 0.15) is 0 Å². The summed E-state index contributed by atoms with van der Waals surface area (Å²) >= 11 is 0. The molecule has 0 bridgehead atoms. The summed E-state index contributed by atoms with van der Waals surface area (Å²) in [6, 6.07) is 8.94. The molecule has 1 aliphatic carbocycles. The van der Waals surface area contributed by atoms with Gasteiger partial charge in [0.2, 0.25) is 0 Å². The van der Waals surface area contributed by atoms with Gasteiger partial charge in [0.05, 0.1) is 0 Å². The average molecular weight is 231 g/mol. The number of nitrogens with two attached hydrogens (primary N) is 1. The normalized spacial score (nSPS) is 23.4. The van der Waals surface area contributed by atoms with Gasteiger partial charge in [-0.3, -0.25) is 0 Å². The largest absolute Gasteiger partial charge is 0.330 e. The number of unbranched alkanes of at least 4 members (excludes halogenated alkanes) is 2. The smallest absolute Gasteiger partial charge is 0.00784 e. The van der Waals surface area contributed by atoms with E-state index in [9.17, 15) is 0 Å². The highest BCUT2D eigenvalue weighted by molar-refractivity contribution is 5.37. The van der Waals surface area contributed by atoms with Crippen LogP contribution in [-0.2, 0) is 11.8 Å². The number of aryl methyl sites for hydroxylation is 1. The summed E-state index contributed by atoms with van der Waals surface area (Å²) < 4.78 is 0. The molecule has 0 aromatic heterocycles. The van der Waals surface area contributed by atoms with Gasteiger partial charge in [0.15, 0.2) is 0 Å². The van der Waals surface area contributed by atoms with Gasteiger partial charge in [-0.05, 0) is 36.8 Å². The molecule has 0 heterocycles. The Morgan fingerprint density at radius 3 is 2.82 bits per heavy atom. The second-order valence-electron chi connectivity index (χ2n) is 5.45. The first-order chi connectivity index (χ1) is 8.32. The Balaban J connectivity index is 2.22. The summed E-state index contributed by atoms with van der Waals surface area (Å²) in [5.41, 5.74) is 9.51. The Labute approximate surface area is 105 Å². The van der Waals surface area contributed by atoms with Crippen molar-refractivity contribution in [1.82, 2.24) is 0 Å². The molecule has 0 radical (unpaired) electrons. The van der Waals surface area contributed by atoms with Crippen molar-refractivity contribution in [3.05, 3.63) is 35.4 Å². The molecule has 0 aliphatic heterocycles. The number of benzene rings is 1. The lowest BCUT2D eigenvalue weighted by atomic mass is 9.67. The maximum Gasteiger partial charge on any atom is 0.00784 e. The van der Waals surface area contributed by atoms with Gasteiger partial charge < -0.3 is 5.73 Å². The van der Waals surface area contributed by atoms with Crippen LogP contribution >= 0.6 is 0 Å². The van der Waals surface area contributed by atoms with Crippen LogP contribution in [0, 0.1) is 0 Å². The molecule has 1 nitrogen and oxygen atoms in total. The van der Waals surface area contributed by atoms with Crippen LogP contribution in [0.1, 0.15) is 56.6 Å². The van der Waals surface area contributed by atoms with Crippen LogP contribution in [0.4, 0.5) is 0 Å². The van der Waals surface area contributed by atoms with Crippen molar-refractivity contribution in [2.75, 3.05) is 6.54 Å².